The molecule has 5 nitrogen and oxygen atoms in total. The van der Waals surface area contributed by atoms with Crippen LogP contribution >= 0.6 is 0 Å². The molecule has 0 bridgehead atoms. The SMILES string of the molecule is CCC(C)(O)CNC(C)S(=O)(=O)O. The first-order valence-electron chi connectivity index (χ1n) is 4.11. The Bertz CT molecular complexity index is 247. The zero-order chi connectivity index (χ0) is 10.7. The molecule has 0 aliphatic heterocycles. The van der Waals surface area contributed by atoms with E-state index in [9.17, 15) is 13.5 Å². The van der Waals surface area contributed by atoms with Crippen LogP contribution < -0.4 is 5.32 Å². The van der Waals surface area contributed by atoms with Crippen LogP contribution in [0.25, 0.3) is 0 Å². The molecule has 0 aromatic rings. The molecular weight excluding hydrogens is 194 g/mol. The largest absolute Gasteiger partial charge is 0.389 e. The Morgan fingerprint density at radius 2 is 2.00 bits per heavy atom. The summed E-state index contributed by atoms with van der Waals surface area (Å²) < 4.78 is 29.7. The molecule has 13 heavy (non-hydrogen) atoms. The molecule has 0 aromatic heterocycles. The van der Waals surface area contributed by atoms with Crippen molar-refractivity contribution in [3.05, 3.63) is 0 Å². The number of hydrogen-bond acceptors (Lipinski definition) is 4. The van der Waals surface area contributed by atoms with Gasteiger partial charge in [-0.25, -0.2) is 0 Å². The minimum atomic E-state index is -4.06. The van der Waals surface area contributed by atoms with E-state index in [0.717, 1.165) is 0 Å². The smallest absolute Gasteiger partial charge is 0.280 e. The summed E-state index contributed by atoms with van der Waals surface area (Å²) in [5, 5.41) is 11.0. The van der Waals surface area contributed by atoms with Gasteiger partial charge in [-0.2, -0.15) is 8.42 Å². The first kappa shape index (κ1) is 12.8. The molecule has 2 atom stereocenters. The molecule has 0 amide bonds. The van der Waals surface area contributed by atoms with Crippen molar-refractivity contribution in [2.75, 3.05) is 6.54 Å². The average molecular weight is 211 g/mol. The highest BCUT2D eigenvalue weighted by Gasteiger charge is 2.22. The van der Waals surface area contributed by atoms with Gasteiger partial charge in [-0.15, -0.1) is 0 Å². The lowest BCUT2D eigenvalue weighted by atomic mass is 10.0. The van der Waals surface area contributed by atoms with Crippen molar-refractivity contribution < 1.29 is 18.1 Å². The lowest BCUT2D eigenvalue weighted by Crippen LogP contribution is -2.43. The fourth-order valence-electron chi connectivity index (χ4n) is 0.594. The van der Waals surface area contributed by atoms with Gasteiger partial charge in [-0.1, -0.05) is 6.92 Å². The predicted molar refractivity (Wildman–Crippen MR) is 49.9 cm³/mol. The molecule has 0 radical (unpaired) electrons. The van der Waals surface area contributed by atoms with Gasteiger partial charge in [0.05, 0.1) is 5.60 Å². The monoisotopic (exact) mass is 211 g/mol. The molecule has 0 saturated carbocycles. The standard InChI is InChI=1S/C7H17NO4S/c1-4-7(3,9)5-8-6(2)13(10,11)12/h6,8-9H,4-5H2,1-3H3,(H,10,11,12). The Hall–Kier alpha value is -0.170. The quantitative estimate of drug-likeness (QED) is 0.556. The molecule has 0 saturated heterocycles. The van der Waals surface area contributed by atoms with Crippen molar-refractivity contribution in [1.82, 2.24) is 5.32 Å². The van der Waals surface area contributed by atoms with Crippen molar-refractivity contribution >= 4 is 10.1 Å². The summed E-state index contributed by atoms with van der Waals surface area (Å²) in [5.41, 5.74) is -0.945. The van der Waals surface area contributed by atoms with Gasteiger partial charge in [0.2, 0.25) is 0 Å². The second-order valence-electron chi connectivity index (χ2n) is 3.39. The normalized spacial score (nSPS) is 19.5. The summed E-state index contributed by atoms with van der Waals surface area (Å²) in [5.74, 6) is 0. The predicted octanol–water partition coefficient (Wildman–Crippen LogP) is -0.0292. The third-order valence-electron chi connectivity index (χ3n) is 1.98. The zero-order valence-corrected chi connectivity index (χ0v) is 8.93. The molecule has 6 heteroatoms. The molecular formula is C7H17NO4S. The van der Waals surface area contributed by atoms with Crippen LogP contribution in [0.5, 0.6) is 0 Å². The van der Waals surface area contributed by atoms with Gasteiger partial charge in [0, 0.05) is 6.54 Å². The van der Waals surface area contributed by atoms with Gasteiger partial charge in [0.25, 0.3) is 10.1 Å². The molecule has 0 fully saturated rings. The van der Waals surface area contributed by atoms with E-state index in [4.69, 9.17) is 4.55 Å². The van der Waals surface area contributed by atoms with Gasteiger partial charge in [-0.05, 0) is 20.3 Å². The van der Waals surface area contributed by atoms with Crippen LogP contribution in [-0.2, 0) is 10.1 Å². The highest BCUT2D eigenvalue weighted by Crippen LogP contribution is 2.07. The van der Waals surface area contributed by atoms with E-state index < -0.39 is 21.1 Å². The van der Waals surface area contributed by atoms with Gasteiger partial charge < -0.3 is 5.11 Å². The van der Waals surface area contributed by atoms with E-state index in [-0.39, 0.29) is 6.54 Å². The number of aliphatic hydroxyl groups is 1. The zero-order valence-electron chi connectivity index (χ0n) is 8.11. The maximum absolute atomic E-state index is 10.5. The number of hydrogen-bond donors (Lipinski definition) is 3. The molecule has 80 valence electrons. The van der Waals surface area contributed by atoms with Crippen LogP contribution in [0.2, 0.25) is 0 Å². The van der Waals surface area contributed by atoms with Crippen LogP contribution in [-0.4, -0.2) is 35.6 Å². The summed E-state index contributed by atoms with van der Waals surface area (Å²) in [7, 11) is -4.06. The van der Waals surface area contributed by atoms with Crippen LogP contribution in [0.15, 0.2) is 0 Å². The fraction of sp³-hybridized carbons (Fsp3) is 1.00. The summed E-state index contributed by atoms with van der Waals surface area (Å²) in [6.07, 6.45) is 0.512. The second kappa shape index (κ2) is 4.36. The van der Waals surface area contributed by atoms with Crippen molar-refractivity contribution in [3.63, 3.8) is 0 Å². The number of nitrogens with one attached hydrogen (secondary N) is 1. The Kier molecular flexibility index (Phi) is 4.31. The molecule has 3 N–H and O–H groups in total. The Balaban J connectivity index is 4.05. The maximum atomic E-state index is 10.5. The van der Waals surface area contributed by atoms with Crippen LogP contribution in [0, 0.1) is 0 Å². The minimum absolute atomic E-state index is 0.129. The lowest BCUT2D eigenvalue weighted by Gasteiger charge is -2.23. The summed E-state index contributed by atoms with van der Waals surface area (Å²) in [4.78, 5) is 0. The second-order valence-corrected chi connectivity index (χ2v) is 5.13. The van der Waals surface area contributed by atoms with E-state index >= 15 is 0 Å². The van der Waals surface area contributed by atoms with E-state index in [1.165, 1.54) is 6.92 Å². The highest BCUT2D eigenvalue weighted by atomic mass is 32.2. The van der Waals surface area contributed by atoms with Crippen LogP contribution in [0.1, 0.15) is 27.2 Å². The first-order chi connectivity index (χ1) is 5.69. The van der Waals surface area contributed by atoms with E-state index in [1.807, 2.05) is 0 Å². The average Bonchev–Trinajstić information content (AvgIpc) is 1.98. The number of rotatable bonds is 5. The van der Waals surface area contributed by atoms with Crippen LogP contribution in [0.4, 0.5) is 0 Å². The van der Waals surface area contributed by atoms with Crippen LogP contribution in [0.3, 0.4) is 0 Å². The molecule has 0 aliphatic rings. The van der Waals surface area contributed by atoms with E-state index in [0.29, 0.717) is 6.42 Å². The van der Waals surface area contributed by atoms with E-state index in [1.54, 1.807) is 13.8 Å². The minimum Gasteiger partial charge on any atom is -0.389 e. The summed E-state index contributed by atoms with van der Waals surface area (Å²) in [6.45, 7) is 4.84. The summed E-state index contributed by atoms with van der Waals surface area (Å²) >= 11 is 0. The topological polar surface area (TPSA) is 86.6 Å². The Morgan fingerprint density at radius 3 is 2.31 bits per heavy atom. The maximum Gasteiger partial charge on any atom is 0.280 e. The Morgan fingerprint density at radius 1 is 1.54 bits per heavy atom. The first-order valence-corrected chi connectivity index (χ1v) is 5.61. The van der Waals surface area contributed by atoms with Crippen molar-refractivity contribution in [2.45, 2.75) is 38.2 Å². The molecule has 0 aromatic carbocycles. The third kappa shape index (κ3) is 5.20. The van der Waals surface area contributed by atoms with Crippen molar-refractivity contribution in [2.24, 2.45) is 0 Å². The summed E-state index contributed by atoms with van der Waals surface area (Å²) in [6, 6.07) is 0. The van der Waals surface area contributed by atoms with Gasteiger partial charge in [-0.3, -0.25) is 9.87 Å². The van der Waals surface area contributed by atoms with Crippen molar-refractivity contribution in [1.29, 1.82) is 0 Å². The third-order valence-corrected chi connectivity index (χ3v) is 3.04. The highest BCUT2D eigenvalue weighted by molar-refractivity contribution is 7.86. The van der Waals surface area contributed by atoms with Gasteiger partial charge >= 0.3 is 0 Å². The lowest BCUT2D eigenvalue weighted by molar-refractivity contribution is 0.0553. The molecule has 2 unspecified atom stereocenters. The van der Waals surface area contributed by atoms with Gasteiger partial charge in [0.15, 0.2) is 0 Å². The van der Waals surface area contributed by atoms with E-state index in [2.05, 4.69) is 5.32 Å². The Labute approximate surface area is 78.9 Å². The molecule has 0 heterocycles. The fourth-order valence-corrected chi connectivity index (χ4v) is 0.888. The molecule has 0 aliphatic carbocycles. The van der Waals surface area contributed by atoms with Crippen molar-refractivity contribution in [3.8, 4) is 0 Å². The molecule has 0 rings (SSSR count). The molecule has 0 spiro atoms. The van der Waals surface area contributed by atoms with Gasteiger partial charge in [0.1, 0.15) is 5.37 Å².